The van der Waals surface area contributed by atoms with Gasteiger partial charge >= 0.3 is 29.8 Å². The van der Waals surface area contributed by atoms with Crippen LogP contribution >= 0.6 is 0 Å². The molecule has 1 aliphatic heterocycles. The van der Waals surface area contributed by atoms with E-state index < -0.39 is 83.2 Å². The molecule has 0 bridgehead atoms. The molecule has 262 valence electrons. The molecule has 0 saturated carbocycles. The highest BCUT2D eigenvalue weighted by Gasteiger charge is 2.40. The minimum absolute atomic E-state index is 0.0533. The summed E-state index contributed by atoms with van der Waals surface area (Å²) in [5.74, 6) is -2.45. The first-order valence-corrected chi connectivity index (χ1v) is 15.0. The van der Waals surface area contributed by atoms with E-state index in [0.717, 1.165) is 4.57 Å². The number of carbonyl (C=O) groups is 6. The molecule has 0 spiro atoms. The number of carbonyl (C=O) groups excluding carboxylic acids is 6. The topological polar surface area (TPSA) is 227 Å². The molecule has 0 aliphatic carbocycles. The second-order valence-electron chi connectivity index (χ2n) is 12.8. The van der Waals surface area contributed by atoms with Crippen molar-refractivity contribution >= 4 is 35.7 Å². The SMILES string of the molecule is Cc1cn([C@H]2C[C@@H](OC(=O)CCC(=O)CNC(=O)OC(C)(C)C)[C@@H](COC(=O)CCC(=O)CNC(=O)OC(C)(C)C)O2)c(=O)[nH]c1=O. The van der Waals surface area contributed by atoms with E-state index >= 15 is 0 Å². The fraction of sp³-hybridized carbons (Fsp3) is 0.667. The lowest BCUT2D eigenvalue weighted by Gasteiger charge is -2.19. The van der Waals surface area contributed by atoms with Gasteiger partial charge in [0.1, 0.15) is 36.2 Å². The number of rotatable bonds is 14. The summed E-state index contributed by atoms with van der Waals surface area (Å²) in [6.07, 6.45) is -4.52. The number of aryl methyl sites for hydroxylation is 1. The van der Waals surface area contributed by atoms with Gasteiger partial charge in [-0.1, -0.05) is 0 Å². The molecule has 2 amide bonds. The highest BCUT2D eigenvalue weighted by Crippen LogP contribution is 2.30. The van der Waals surface area contributed by atoms with Gasteiger partial charge in [0.05, 0.1) is 25.9 Å². The van der Waals surface area contributed by atoms with Crippen LogP contribution in [0.25, 0.3) is 0 Å². The van der Waals surface area contributed by atoms with Gasteiger partial charge in [-0.25, -0.2) is 14.4 Å². The Morgan fingerprint density at radius 1 is 0.851 bits per heavy atom. The van der Waals surface area contributed by atoms with Gasteiger partial charge in [0.25, 0.3) is 5.56 Å². The van der Waals surface area contributed by atoms with Crippen LogP contribution < -0.4 is 21.9 Å². The zero-order chi connectivity index (χ0) is 35.5. The van der Waals surface area contributed by atoms with E-state index in [4.69, 9.17) is 23.7 Å². The van der Waals surface area contributed by atoms with E-state index in [-0.39, 0.29) is 50.8 Å². The summed E-state index contributed by atoms with van der Waals surface area (Å²) in [5.41, 5.74) is -2.62. The molecule has 1 aromatic rings. The molecule has 17 nitrogen and oxygen atoms in total. The molecule has 17 heteroatoms. The molecule has 1 fully saturated rings. The van der Waals surface area contributed by atoms with Crippen molar-refractivity contribution in [3.8, 4) is 0 Å². The monoisotopic (exact) mass is 668 g/mol. The number of nitrogens with one attached hydrogen (secondary N) is 3. The molecule has 0 radical (unpaired) electrons. The van der Waals surface area contributed by atoms with Crippen molar-refractivity contribution in [2.75, 3.05) is 19.7 Å². The van der Waals surface area contributed by atoms with Crippen LogP contribution in [0, 0.1) is 6.92 Å². The zero-order valence-corrected chi connectivity index (χ0v) is 27.7. The summed E-state index contributed by atoms with van der Waals surface area (Å²) < 4.78 is 27.9. The smallest absolute Gasteiger partial charge is 0.408 e. The van der Waals surface area contributed by atoms with Gasteiger partial charge in [-0.3, -0.25) is 33.5 Å². The number of aromatic amines is 1. The first-order chi connectivity index (χ1) is 21.7. The van der Waals surface area contributed by atoms with Crippen molar-refractivity contribution in [3.63, 3.8) is 0 Å². The summed E-state index contributed by atoms with van der Waals surface area (Å²) in [7, 11) is 0. The number of ketones is 2. The first-order valence-electron chi connectivity index (χ1n) is 15.0. The van der Waals surface area contributed by atoms with Gasteiger partial charge in [0, 0.05) is 31.0 Å². The van der Waals surface area contributed by atoms with Crippen molar-refractivity contribution in [2.24, 2.45) is 0 Å². The van der Waals surface area contributed by atoms with Crippen molar-refractivity contribution in [3.05, 3.63) is 32.6 Å². The first kappa shape index (κ1) is 38.6. The number of hydrogen-bond donors (Lipinski definition) is 3. The Morgan fingerprint density at radius 2 is 1.36 bits per heavy atom. The highest BCUT2D eigenvalue weighted by atomic mass is 16.6. The standard InChI is InChI=1S/C30H44N4O13/c1-17-15-34(26(40)33-25(17)39)22-12-20(45-24(38)11-9-19(36)14-32-28(42)47-30(5,6)7)21(44-22)16-43-23(37)10-8-18(35)13-31-27(41)46-29(2,3)4/h15,20-22H,8-14,16H2,1-7H3,(H,31,41)(H,32,42)(H,33,39,40)/t20-,21-,22-/m1/s1. The van der Waals surface area contributed by atoms with Gasteiger partial charge in [-0.2, -0.15) is 0 Å². The third-order valence-corrected chi connectivity index (χ3v) is 6.20. The Balaban J connectivity index is 1.95. The predicted octanol–water partition coefficient (Wildman–Crippen LogP) is 1.34. The molecule has 3 N–H and O–H groups in total. The molecule has 2 rings (SSSR count). The average molecular weight is 669 g/mol. The van der Waals surface area contributed by atoms with Crippen LogP contribution in [0.3, 0.4) is 0 Å². The molecule has 47 heavy (non-hydrogen) atoms. The normalized spacial score (nSPS) is 17.7. The van der Waals surface area contributed by atoms with E-state index in [1.54, 1.807) is 41.5 Å². The fourth-order valence-corrected chi connectivity index (χ4v) is 4.05. The second kappa shape index (κ2) is 16.9. The third kappa shape index (κ3) is 14.6. The van der Waals surface area contributed by atoms with Crippen LogP contribution in [0.15, 0.2) is 15.8 Å². The maximum absolute atomic E-state index is 12.6. The van der Waals surface area contributed by atoms with Gasteiger partial charge < -0.3 is 34.3 Å². The molecule has 0 unspecified atom stereocenters. The number of amides is 2. The summed E-state index contributed by atoms with van der Waals surface area (Å²) in [6, 6.07) is 0. The van der Waals surface area contributed by atoms with Crippen molar-refractivity contribution < 1.29 is 52.5 Å². The van der Waals surface area contributed by atoms with Gasteiger partial charge in [-0.15, -0.1) is 0 Å². The number of nitrogens with zero attached hydrogens (tertiary/aromatic N) is 1. The number of Topliss-reactive ketones (excluding diaryl/α,β-unsaturated/α-hetero) is 2. The summed E-state index contributed by atoms with van der Waals surface area (Å²) >= 11 is 0. The summed E-state index contributed by atoms with van der Waals surface area (Å²) in [6.45, 7) is 10.4. The highest BCUT2D eigenvalue weighted by molar-refractivity contribution is 5.87. The van der Waals surface area contributed by atoms with Crippen molar-refractivity contribution in [1.82, 2.24) is 20.2 Å². The van der Waals surface area contributed by atoms with Crippen LogP contribution in [-0.2, 0) is 42.9 Å². The fourth-order valence-electron chi connectivity index (χ4n) is 4.05. The minimum atomic E-state index is -1.04. The summed E-state index contributed by atoms with van der Waals surface area (Å²) in [4.78, 5) is 99.2. The van der Waals surface area contributed by atoms with Gasteiger partial charge in [0.2, 0.25) is 0 Å². The average Bonchev–Trinajstić information content (AvgIpc) is 3.33. The third-order valence-electron chi connectivity index (χ3n) is 6.20. The van der Waals surface area contributed by atoms with E-state index in [1.807, 2.05) is 0 Å². The number of aromatic nitrogens is 2. The zero-order valence-electron chi connectivity index (χ0n) is 27.7. The molecule has 1 aliphatic rings. The van der Waals surface area contributed by atoms with Crippen LogP contribution in [0.2, 0.25) is 0 Å². The van der Waals surface area contributed by atoms with Crippen molar-refractivity contribution in [2.45, 2.75) is 110 Å². The lowest BCUT2D eigenvalue weighted by atomic mass is 10.1. The van der Waals surface area contributed by atoms with Crippen LogP contribution in [0.4, 0.5) is 9.59 Å². The number of H-pyrrole nitrogens is 1. The Bertz CT molecular complexity index is 1430. The maximum atomic E-state index is 12.6. The molecule has 0 aromatic carbocycles. The molecule has 1 saturated heterocycles. The second-order valence-corrected chi connectivity index (χ2v) is 12.8. The quantitative estimate of drug-likeness (QED) is 0.188. The minimum Gasteiger partial charge on any atom is -0.463 e. The number of hydrogen-bond acceptors (Lipinski definition) is 13. The largest absolute Gasteiger partial charge is 0.463 e. The number of alkyl carbamates (subject to hydrolysis) is 2. The molecule has 1 aromatic heterocycles. The van der Waals surface area contributed by atoms with Crippen LogP contribution in [0.1, 0.15) is 85.4 Å². The van der Waals surface area contributed by atoms with E-state index in [2.05, 4.69) is 15.6 Å². The summed E-state index contributed by atoms with van der Waals surface area (Å²) in [5, 5.41) is 4.62. The molecule has 2 heterocycles. The maximum Gasteiger partial charge on any atom is 0.408 e. The van der Waals surface area contributed by atoms with Crippen LogP contribution in [-0.4, -0.2) is 88.3 Å². The lowest BCUT2D eigenvalue weighted by Crippen LogP contribution is -2.36. The molecular weight excluding hydrogens is 624 g/mol. The predicted molar refractivity (Wildman–Crippen MR) is 162 cm³/mol. The Labute approximate surface area is 271 Å². The number of esters is 2. The Hall–Kier alpha value is -4.54. The number of ether oxygens (including phenoxy) is 5. The van der Waals surface area contributed by atoms with Crippen molar-refractivity contribution in [1.29, 1.82) is 0 Å². The van der Waals surface area contributed by atoms with E-state index in [0.29, 0.717) is 0 Å². The van der Waals surface area contributed by atoms with E-state index in [9.17, 15) is 38.4 Å². The Kier molecular flexibility index (Phi) is 13.9. The Morgan fingerprint density at radius 3 is 1.87 bits per heavy atom. The molecular formula is C30H44N4O13. The lowest BCUT2D eigenvalue weighted by molar-refractivity contribution is -0.159. The molecule has 3 atom stereocenters. The van der Waals surface area contributed by atoms with Gasteiger partial charge in [-0.05, 0) is 48.5 Å². The van der Waals surface area contributed by atoms with Crippen LogP contribution in [0.5, 0.6) is 0 Å². The van der Waals surface area contributed by atoms with E-state index in [1.165, 1.54) is 13.1 Å². The van der Waals surface area contributed by atoms with Gasteiger partial charge in [0.15, 0.2) is 11.6 Å².